The van der Waals surface area contributed by atoms with Crippen LogP contribution >= 0.6 is 0 Å². The van der Waals surface area contributed by atoms with E-state index < -0.39 is 5.60 Å². The molecule has 134 valence electrons. The van der Waals surface area contributed by atoms with Gasteiger partial charge in [0.05, 0.1) is 13.2 Å². The van der Waals surface area contributed by atoms with E-state index in [-0.39, 0.29) is 6.61 Å². The molecule has 1 atom stereocenters. The zero-order valence-corrected chi connectivity index (χ0v) is 14.6. The molecule has 0 aromatic heterocycles. The van der Waals surface area contributed by atoms with Gasteiger partial charge in [-0.25, -0.2) is 0 Å². The number of rotatable bonds is 5. The maximum atomic E-state index is 11.0. The van der Waals surface area contributed by atoms with Gasteiger partial charge in [-0.1, -0.05) is 18.2 Å². The van der Waals surface area contributed by atoms with E-state index in [9.17, 15) is 5.11 Å². The molecule has 2 saturated heterocycles. The molecular weight excluding hydrogens is 306 g/mol. The van der Waals surface area contributed by atoms with Crippen LogP contribution in [0.25, 0.3) is 0 Å². The summed E-state index contributed by atoms with van der Waals surface area (Å²) in [6, 6.07) is 7.89. The van der Waals surface area contributed by atoms with Crippen molar-refractivity contribution >= 4 is 0 Å². The van der Waals surface area contributed by atoms with E-state index in [1.807, 2.05) is 31.2 Å². The van der Waals surface area contributed by atoms with Crippen LogP contribution in [0.3, 0.4) is 0 Å². The lowest BCUT2D eigenvalue weighted by Gasteiger charge is -2.33. The van der Waals surface area contributed by atoms with E-state index >= 15 is 0 Å². The van der Waals surface area contributed by atoms with Crippen molar-refractivity contribution in [3.63, 3.8) is 0 Å². The topological polar surface area (TPSA) is 51.2 Å². The van der Waals surface area contributed by atoms with Gasteiger partial charge in [-0.05, 0) is 37.3 Å². The van der Waals surface area contributed by atoms with Crippen LogP contribution in [0.2, 0.25) is 0 Å². The Labute approximate surface area is 144 Å². The molecule has 2 heterocycles. The van der Waals surface area contributed by atoms with Crippen LogP contribution in [0.4, 0.5) is 0 Å². The molecule has 2 aliphatic rings. The summed E-state index contributed by atoms with van der Waals surface area (Å²) in [5.41, 5.74) is 0.110. The maximum absolute atomic E-state index is 11.0. The predicted octanol–water partition coefficient (Wildman–Crippen LogP) is 1.86. The fourth-order valence-corrected chi connectivity index (χ4v) is 3.46. The summed E-state index contributed by atoms with van der Waals surface area (Å²) < 4.78 is 17.0. The monoisotopic (exact) mass is 335 g/mol. The van der Waals surface area contributed by atoms with Crippen LogP contribution in [-0.2, 0) is 9.47 Å². The van der Waals surface area contributed by atoms with E-state index in [0.717, 1.165) is 50.5 Å². The average Bonchev–Trinajstić information content (AvgIpc) is 2.77. The highest BCUT2D eigenvalue weighted by Gasteiger charge is 2.34. The first kappa shape index (κ1) is 17.7. The fraction of sp³-hybridized carbons (Fsp3) is 0.684. The molecule has 0 spiro atoms. The molecule has 24 heavy (non-hydrogen) atoms. The van der Waals surface area contributed by atoms with Crippen molar-refractivity contribution in [2.24, 2.45) is 5.92 Å². The highest BCUT2D eigenvalue weighted by molar-refractivity contribution is 5.31. The molecule has 1 aromatic rings. The molecule has 1 N–H and O–H groups in total. The van der Waals surface area contributed by atoms with Crippen LogP contribution in [0.15, 0.2) is 24.3 Å². The average molecular weight is 335 g/mol. The second kappa shape index (κ2) is 8.30. The number of nitrogens with zero attached hydrogens (tertiary/aromatic N) is 1. The third-order valence-corrected chi connectivity index (χ3v) is 4.89. The standard InChI is InChI=1S/C19H29NO4/c1-16-4-2-3-5-18(16)24-15-19(21)13-20(8-11-23-14-19)12-17-6-9-22-10-7-17/h2-5,17,21H,6-15H2,1H3/t19-/m0/s1. The van der Waals surface area contributed by atoms with Crippen LogP contribution in [0, 0.1) is 12.8 Å². The Balaban J connectivity index is 1.57. The van der Waals surface area contributed by atoms with Crippen molar-refractivity contribution in [3.05, 3.63) is 29.8 Å². The third-order valence-electron chi connectivity index (χ3n) is 4.89. The van der Waals surface area contributed by atoms with Gasteiger partial charge in [-0.3, -0.25) is 4.90 Å². The minimum atomic E-state index is -0.968. The van der Waals surface area contributed by atoms with Crippen molar-refractivity contribution in [1.82, 2.24) is 4.90 Å². The molecule has 0 bridgehead atoms. The number of aryl methyl sites for hydroxylation is 1. The van der Waals surface area contributed by atoms with E-state index in [1.165, 1.54) is 0 Å². The van der Waals surface area contributed by atoms with E-state index in [1.54, 1.807) is 0 Å². The first-order valence-corrected chi connectivity index (χ1v) is 8.93. The summed E-state index contributed by atoms with van der Waals surface area (Å²) in [5, 5.41) is 11.0. The number of β-amino-alcohol motifs (C(OH)–C–C–N with tert-alkyl or cyclic N) is 1. The summed E-state index contributed by atoms with van der Waals surface area (Å²) in [7, 11) is 0. The highest BCUT2D eigenvalue weighted by atomic mass is 16.5. The first-order valence-electron chi connectivity index (χ1n) is 8.93. The van der Waals surface area contributed by atoms with Crippen LogP contribution in [0.5, 0.6) is 5.75 Å². The van der Waals surface area contributed by atoms with Gasteiger partial charge in [0, 0.05) is 32.8 Å². The van der Waals surface area contributed by atoms with E-state index in [2.05, 4.69) is 4.90 Å². The van der Waals surface area contributed by atoms with E-state index in [4.69, 9.17) is 14.2 Å². The molecule has 0 amide bonds. The van der Waals surface area contributed by atoms with Crippen LogP contribution in [-0.4, -0.2) is 68.3 Å². The number of benzene rings is 1. The predicted molar refractivity (Wildman–Crippen MR) is 92.4 cm³/mol. The molecular formula is C19H29NO4. The second-order valence-corrected chi connectivity index (χ2v) is 7.12. The number of para-hydroxylation sites is 1. The summed E-state index contributed by atoms with van der Waals surface area (Å²) in [6.45, 7) is 7.42. The van der Waals surface area contributed by atoms with Gasteiger partial charge in [0.1, 0.15) is 18.0 Å². The van der Waals surface area contributed by atoms with Gasteiger partial charge in [-0.15, -0.1) is 0 Å². The quantitative estimate of drug-likeness (QED) is 0.890. The van der Waals surface area contributed by atoms with Crippen LogP contribution < -0.4 is 4.74 Å². The summed E-state index contributed by atoms with van der Waals surface area (Å²) >= 11 is 0. The minimum Gasteiger partial charge on any atom is -0.490 e. The Morgan fingerprint density at radius 3 is 2.79 bits per heavy atom. The summed E-state index contributed by atoms with van der Waals surface area (Å²) in [5.74, 6) is 1.48. The van der Waals surface area contributed by atoms with Gasteiger partial charge in [0.25, 0.3) is 0 Å². The summed E-state index contributed by atoms with van der Waals surface area (Å²) in [6.07, 6.45) is 2.21. The van der Waals surface area contributed by atoms with Gasteiger partial charge in [-0.2, -0.15) is 0 Å². The largest absolute Gasteiger partial charge is 0.490 e. The Morgan fingerprint density at radius 2 is 2.00 bits per heavy atom. The van der Waals surface area contributed by atoms with Crippen molar-refractivity contribution in [2.75, 3.05) is 52.7 Å². The van der Waals surface area contributed by atoms with Gasteiger partial charge >= 0.3 is 0 Å². The zero-order chi connectivity index (χ0) is 16.8. The zero-order valence-electron chi connectivity index (χ0n) is 14.6. The first-order chi connectivity index (χ1) is 11.6. The molecule has 3 rings (SSSR count). The number of aliphatic hydroxyl groups is 1. The lowest BCUT2D eigenvalue weighted by Crippen LogP contribution is -2.50. The van der Waals surface area contributed by atoms with Crippen molar-refractivity contribution in [2.45, 2.75) is 25.4 Å². The van der Waals surface area contributed by atoms with Crippen molar-refractivity contribution in [3.8, 4) is 5.75 Å². The van der Waals surface area contributed by atoms with Crippen LogP contribution in [0.1, 0.15) is 18.4 Å². The Kier molecular flexibility index (Phi) is 6.11. The highest BCUT2D eigenvalue weighted by Crippen LogP contribution is 2.22. The molecule has 0 radical (unpaired) electrons. The molecule has 0 saturated carbocycles. The molecule has 2 aliphatic heterocycles. The Hall–Kier alpha value is -1.14. The molecule has 0 unspecified atom stereocenters. The molecule has 0 aliphatic carbocycles. The molecule has 5 nitrogen and oxygen atoms in total. The number of hydrogen-bond donors (Lipinski definition) is 1. The third kappa shape index (κ3) is 4.93. The van der Waals surface area contributed by atoms with Crippen molar-refractivity contribution < 1.29 is 19.3 Å². The second-order valence-electron chi connectivity index (χ2n) is 7.12. The molecule has 1 aromatic carbocycles. The van der Waals surface area contributed by atoms with Gasteiger partial charge < -0.3 is 19.3 Å². The Bertz CT molecular complexity index is 518. The fourth-order valence-electron chi connectivity index (χ4n) is 3.46. The number of ether oxygens (including phenoxy) is 3. The number of hydrogen-bond acceptors (Lipinski definition) is 5. The normalized spacial score (nSPS) is 26.9. The molecule has 5 heteroatoms. The summed E-state index contributed by atoms with van der Waals surface area (Å²) in [4.78, 5) is 2.32. The Morgan fingerprint density at radius 1 is 1.21 bits per heavy atom. The van der Waals surface area contributed by atoms with Crippen molar-refractivity contribution in [1.29, 1.82) is 0 Å². The SMILES string of the molecule is Cc1ccccc1OC[C@@]1(O)COCCN(CC2CCOCC2)C1. The van der Waals surface area contributed by atoms with Gasteiger partial charge in [0.15, 0.2) is 0 Å². The molecule has 2 fully saturated rings. The lowest BCUT2D eigenvalue weighted by molar-refractivity contribution is -0.0660. The maximum Gasteiger partial charge on any atom is 0.134 e. The van der Waals surface area contributed by atoms with Gasteiger partial charge in [0.2, 0.25) is 0 Å². The van der Waals surface area contributed by atoms with E-state index in [0.29, 0.717) is 25.7 Å². The minimum absolute atomic E-state index is 0.252. The lowest BCUT2D eigenvalue weighted by atomic mass is 9.98. The smallest absolute Gasteiger partial charge is 0.134 e.